The smallest absolute Gasteiger partial charge is 0.279 e. The average Bonchev–Trinajstić information content (AvgIpc) is 2.16. The summed E-state index contributed by atoms with van der Waals surface area (Å²) in [6.07, 6.45) is 0. The predicted octanol–water partition coefficient (Wildman–Crippen LogP) is -1.68. The van der Waals surface area contributed by atoms with E-state index in [2.05, 4.69) is 0 Å². The topological polar surface area (TPSA) is 123 Å². The molecule has 1 aromatic rings. The van der Waals surface area contributed by atoms with E-state index in [-0.39, 0.29) is 0 Å². The minimum absolute atomic E-state index is 0.774. The van der Waals surface area contributed by atoms with Gasteiger partial charge in [0.25, 0.3) is 5.69 Å². The van der Waals surface area contributed by atoms with Crippen molar-refractivity contribution in [3.8, 4) is 0 Å². The number of nitro groups is 1. The molecule has 0 fully saturated rings. The Balaban J connectivity index is 3.56. The van der Waals surface area contributed by atoms with Crippen LogP contribution < -0.4 is 10.2 Å². The standard InChI is InChI=1S/C8H5NO6/c10-7(11)4-2-1-3-5(9(14)15)6(4)8(12)13/h1-3H,(H,10,11)(H,12,13)/p-2. The van der Waals surface area contributed by atoms with Crippen LogP contribution in [0.15, 0.2) is 18.2 Å². The largest absolute Gasteiger partial charge is 0.545 e. The van der Waals surface area contributed by atoms with E-state index in [1.807, 2.05) is 0 Å². The number of hydrogen-bond donors (Lipinski definition) is 0. The predicted molar refractivity (Wildman–Crippen MR) is 41.8 cm³/mol. The molecule has 0 radical (unpaired) electrons. The number of carboxylic acids is 2. The number of aromatic carboxylic acids is 2. The Labute approximate surface area is 82.7 Å². The number of nitrogens with zero attached hydrogens (tertiary/aromatic N) is 1. The average molecular weight is 209 g/mol. The molecule has 0 spiro atoms. The zero-order valence-electron chi connectivity index (χ0n) is 7.13. The van der Waals surface area contributed by atoms with Crippen molar-refractivity contribution >= 4 is 17.6 Å². The summed E-state index contributed by atoms with van der Waals surface area (Å²) in [5.74, 6) is -3.74. The number of carbonyl (C=O) groups is 2. The molecule has 0 bridgehead atoms. The molecular weight excluding hydrogens is 206 g/mol. The molecule has 0 aliphatic rings. The molecule has 15 heavy (non-hydrogen) atoms. The zero-order chi connectivity index (χ0) is 11.6. The lowest BCUT2D eigenvalue weighted by Crippen LogP contribution is -2.30. The molecule has 0 N–H and O–H groups in total. The molecule has 78 valence electrons. The fraction of sp³-hybridized carbons (Fsp3) is 0. The van der Waals surface area contributed by atoms with Crippen molar-refractivity contribution in [2.75, 3.05) is 0 Å². The molecule has 7 nitrogen and oxygen atoms in total. The molecule has 0 saturated heterocycles. The summed E-state index contributed by atoms with van der Waals surface area (Å²) in [6.45, 7) is 0. The van der Waals surface area contributed by atoms with Gasteiger partial charge in [-0.25, -0.2) is 0 Å². The monoisotopic (exact) mass is 209 g/mol. The third-order valence-corrected chi connectivity index (χ3v) is 1.66. The van der Waals surface area contributed by atoms with Gasteiger partial charge in [-0.2, -0.15) is 0 Å². The fourth-order valence-electron chi connectivity index (χ4n) is 1.08. The Morgan fingerprint density at radius 1 is 1.13 bits per heavy atom. The van der Waals surface area contributed by atoms with Crippen LogP contribution >= 0.6 is 0 Å². The molecule has 0 amide bonds. The number of carbonyl (C=O) groups excluding carboxylic acids is 2. The summed E-state index contributed by atoms with van der Waals surface area (Å²) < 4.78 is 0. The van der Waals surface area contributed by atoms with Gasteiger partial charge in [0.15, 0.2) is 0 Å². The van der Waals surface area contributed by atoms with Crippen LogP contribution in [0.2, 0.25) is 0 Å². The van der Waals surface area contributed by atoms with E-state index < -0.39 is 33.7 Å². The van der Waals surface area contributed by atoms with Gasteiger partial charge in [0.2, 0.25) is 0 Å². The Kier molecular flexibility index (Phi) is 2.65. The Bertz CT molecular complexity index is 420. The van der Waals surface area contributed by atoms with Crippen molar-refractivity contribution in [2.24, 2.45) is 0 Å². The number of benzene rings is 1. The van der Waals surface area contributed by atoms with Crippen LogP contribution in [0.5, 0.6) is 0 Å². The summed E-state index contributed by atoms with van der Waals surface area (Å²) in [6, 6.07) is 2.82. The lowest BCUT2D eigenvalue weighted by molar-refractivity contribution is -0.386. The molecule has 1 rings (SSSR count). The molecule has 0 unspecified atom stereocenters. The van der Waals surface area contributed by atoms with E-state index in [1.165, 1.54) is 0 Å². The summed E-state index contributed by atoms with van der Waals surface area (Å²) in [5, 5.41) is 31.4. The van der Waals surface area contributed by atoms with E-state index in [4.69, 9.17) is 0 Å². The maximum Gasteiger partial charge on any atom is 0.279 e. The van der Waals surface area contributed by atoms with Gasteiger partial charge >= 0.3 is 0 Å². The molecule has 0 heterocycles. The van der Waals surface area contributed by atoms with E-state index in [0.29, 0.717) is 0 Å². The van der Waals surface area contributed by atoms with Crippen LogP contribution in [0, 0.1) is 10.1 Å². The minimum Gasteiger partial charge on any atom is -0.545 e. The highest BCUT2D eigenvalue weighted by atomic mass is 16.6. The number of rotatable bonds is 3. The van der Waals surface area contributed by atoms with E-state index in [1.54, 1.807) is 0 Å². The molecule has 0 atom stereocenters. The quantitative estimate of drug-likeness (QED) is 0.432. The molecule has 0 aromatic heterocycles. The van der Waals surface area contributed by atoms with Crippen molar-refractivity contribution in [3.05, 3.63) is 39.4 Å². The lowest BCUT2D eigenvalue weighted by Gasteiger charge is -2.10. The molecule has 1 aromatic carbocycles. The van der Waals surface area contributed by atoms with Gasteiger partial charge in [0.05, 0.1) is 22.4 Å². The zero-order valence-corrected chi connectivity index (χ0v) is 7.13. The van der Waals surface area contributed by atoms with Crippen LogP contribution in [-0.4, -0.2) is 16.9 Å². The Morgan fingerprint density at radius 3 is 2.13 bits per heavy atom. The molecule has 0 aliphatic heterocycles. The van der Waals surface area contributed by atoms with E-state index in [9.17, 15) is 29.9 Å². The van der Waals surface area contributed by atoms with Gasteiger partial charge in [-0.1, -0.05) is 12.1 Å². The molecular formula is C8H3NO6-2. The van der Waals surface area contributed by atoms with Crippen molar-refractivity contribution in [1.29, 1.82) is 0 Å². The maximum atomic E-state index is 10.5. The van der Waals surface area contributed by atoms with Gasteiger partial charge in [0, 0.05) is 11.6 Å². The van der Waals surface area contributed by atoms with Gasteiger partial charge in [-0.15, -0.1) is 0 Å². The van der Waals surface area contributed by atoms with Gasteiger partial charge < -0.3 is 19.8 Å². The van der Waals surface area contributed by atoms with Gasteiger partial charge in [0.1, 0.15) is 0 Å². The first-order valence-corrected chi connectivity index (χ1v) is 3.65. The fourth-order valence-corrected chi connectivity index (χ4v) is 1.08. The highest BCUT2D eigenvalue weighted by Crippen LogP contribution is 2.21. The second kappa shape index (κ2) is 3.74. The Hall–Kier alpha value is -2.44. The molecule has 0 saturated carbocycles. The molecule has 0 aliphatic carbocycles. The third-order valence-electron chi connectivity index (χ3n) is 1.66. The van der Waals surface area contributed by atoms with E-state index in [0.717, 1.165) is 18.2 Å². The van der Waals surface area contributed by atoms with Crippen molar-refractivity contribution in [1.82, 2.24) is 0 Å². The van der Waals surface area contributed by atoms with Crippen LogP contribution in [-0.2, 0) is 0 Å². The normalized spacial score (nSPS) is 9.60. The second-order valence-corrected chi connectivity index (χ2v) is 2.53. The number of nitro benzene ring substituents is 1. The minimum atomic E-state index is -1.93. The first-order chi connectivity index (χ1) is 6.95. The second-order valence-electron chi connectivity index (χ2n) is 2.53. The van der Waals surface area contributed by atoms with Crippen LogP contribution in [0.25, 0.3) is 0 Å². The maximum absolute atomic E-state index is 10.5. The van der Waals surface area contributed by atoms with Gasteiger partial charge in [-0.3, -0.25) is 10.1 Å². The van der Waals surface area contributed by atoms with E-state index >= 15 is 0 Å². The van der Waals surface area contributed by atoms with Crippen molar-refractivity contribution < 1.29 is 24.7 Å². The van der Waals surface area contributed by atoms with Crippen LogP contribution in [0.1, 0.15) is 20.7 Å². The van der Waals surface area contributed by atoms with Crippen molar-refractivity contribution in [2.45, 2.75) is 0 Å². The first-order valence-electron chi connectivity index (χ1n) is 3.65. The number of hydrogen-bond acceptors (Lipinski definition) is 6. The van der Waals surface area contributed by atoms with Crippen molar-refractivity contribution in [3.63, 3.8) is 0 Å². The van der Waals surface area contributed by atoms with Crippen LogP contribution in [0.4, 0.5) is 5.69 Å². The highest BCUT2D eigenvalue weighted by molar-refractivity contribution is 6.03. The SMILES string of the molecule is O=C([O-])c1cccc([N+](=O)[O-])c1C(=O)[O-]. The summed E-state index contributed by atoms with van der Waals surface area (Å²) in [5.41, 5.74) is -2.59. The highest BCUT2D eigenvalue weighted by Gasteiger charge is 2.18. The summed E-state index contributed by atoms with van der Waals surface area (Å²) >= 11 is 0. The van der Waals surface area contributed by atoms with Crippen LogP contribution in [0.3, 0.4) is 0 Å². The third kappa shape index (κ3) is 1.90. The summed E-state index contributed by atoms with van der Waals surface area (Å²) in [7, 11) is 0. The summed E-state index contributed by atoms with van der Waals surface area (Å²) in [4.78, 5) is 30.4. The first kappa shape index (κ1) is 10.6. The number of carboxylic acid groups (broad SMARTS) is 2. The Morgan fingerprint density at radius 2 is 1.73 bits per heavy atom. The van der Waals surface area contributed by atoms with Gasteiger partial charge in [-0.05, 0) is 0 Å². The lowest BCUT2D eigenvalue weighted by atomic mass is 10.1. The molecule has 7 heteroatoms.